The zero-order chi connectivity index (χ0) is 10.1. The average Bonchev–Trinajstić information content (AvgIpc) is 2.03. The van der Waals surface area contributed by atoms with Crippen LogP contribution in [0.4, 0.5) is 13.2 Å². The van der Waals surface area contributed by atoms with Gasteiger partial charge in [-0.1, -0.05) is 18.2 Å². The normalized spacial score (nSPS) is 22.8. The maximum Gasteiger partial charge on any atom is 0.416 e. The van der Waals surface area contributed by atoms with Gasteiger partial charge in [-0.15, -0.1) is 0 Å². The Morgan fingerprint density at radius 3 is 2.62 bits per heavy atom. The highest BCUT2D eigenvalue weighted by Gasteiger charge is 2.33. The first kappa shape index (κ1) is 10.0. The molecule has 0 spiro atoms. The Labute approximate surface area is 74.5 Å². The van der Waals surface area contributed by atoms with E-state index in [2.05, 4.69) is 0 Å². The fourth-order valence-electron chi connectivity index (χ4n) is 1.17. The molecule has 1 N–H and O–H groups in total. The van der Waals surface area contributed by atoms with Crippen molar-refractivity contribution in [3.63, 3.8) is 0 Å². The third kappa shape index (κ3) is 2.44. The minimum atomic E-state index is -4.29. The highest BCUT2D eigenvalue weighted by atomic mass is 19.4. The molecule has 13 heavy (non-hydrogen) atoms. The lowest BCUT2D eigenvalue weighted by atomic mass is 9.92. The van der Waals surface area contributed by atoms with E-state index >= 15 is 0 Å². The second-order valence-electron chi connectivity index (χ2n) is 3.05. The first-order valence-corrected chi connectivity index (χ1v) is 3.92. The Bertz CT molecular complexity index is 273. The van der Waals surface area contributed by atoms with Gasteiger partial charge in [0.1, 0.15) is 0 Å². The first-order chi connectivity index (χ1) is 5.91. The summed E-state index contributed by atoms with van der Waals surface area (Å²) >= 11 is 0. The van der Waals surface area contributed by atoms with E-state index in [1.807, 2.05) is 0 Å². The smallest absolute Gasteiger partial charge is 0.309 e. The molecule has 1 atom stereocenters. The van der Waals surface area contributed by atoms with Crippen LogP contribution in [0.5, 0.6) is 0 Å². The molecule has 0 saturated carbocycles. The third-order valence-electron chi connectivity index (χ3n) is 1.95. The van der Waals surface area contributed by atoms with E-state index in [0.717, 1.165) is 12.2 Å². The molecule has 1 nitrogen and oxygen atoms in total. The minimum absolute atomic E-state index is 0.270. The van der Waals surface area contributed by atoms with E-state index in [9.17, 15) is 13.2 Å². The average molecular weight is 189 g/mol. The summed E-state index contributed by atoms with van der Waals surface area (Å²) in [6, 6.07) is 0. The fraction of sp³-hybridized carbons (Fsp3) is 0.444. The number of allylic oxidation sites excluding steroid dienone is 4. The van der Waals surface area contributed by atoms with Crippen molar-refractivity contribution < 1.29 is 13.2 Å². The van der Waals surface area contributed by atoms with Gasteiger partial charge in [-0.2, -0.15) is 13.2 Å². The van der Waals surface area contributed by atoms with Crippen molar-refractivity contribution in [3.8, 4) is 0 Å². The molecule has 0 bridgehead atoms. The largest absolute Gasteiger partial charge is 0.416 e. The molecule has 1 aliphatic rings. The van der Waals surface area contributed by atoms with Gasteiger partial charge in [-0.3, -0.25) is 0 Å². The number of rotatable bonds is 1. The van der Waals surface area contributed by atoms with Crippen LogP contribution in [0.15, 0.2) is 23.8 Å². The van der Waals surface area contributed by atoms with Crippen LogP contribution in [-0.4, -0.2) is 11.9 Å². The van der Waals surface area contributed by atoms with Crippen LogP contribution in [-0.2, 0) is 0 Å². The number of halogens is 3. The molecule has 0 aliphatic heterocycles. The van der Waals surface area contributed by atoms with Gasteiger partial charge >= 0.3 is 6.18 Å². The Morgan fingerprint density at radius 1 is 1.54 bits per heavy atom. The van der Waals surface area contributed by atoms with Gasteiger partial charge in [0.15, 0.2) is 0 Å². The van der Waals surface area contributed by atoms with Crippen molar-refractivity contribution in [2.75, 3.05) is 0 Å². The fourth-order valence-corrected chi connectivity index (χ4v) is 1.17. The van der Waals surface area contributed by atoms with Crippen molar-refractivity contribution in [1.29, 1.82) is 5.41 Å². The Morgan fingerprint density at radius 2 is 2.15 bits per heavy atom. The molecule has 0 radical (unpaired) electrons. The highest BCUT2D eigenvalue weighted by Crippen LogP contribution is 2.31. The Hall–Kier alpha value is -1.06. The topological polar surface area (TPSA) is 23.9 Å². The Kier molecular flexibility index (Phi) is 2.59. The molecule has 1 rings (SSSR count). The number of hydrogen-bond acceptors (Lipinski definition) is 1. The molecular weight excluding hydrogens is 179 g/mol. The maximum absolute atomic E-state index is 12.2. The summed E-state index contributed by atoms with van der Waals surface area (Å²) in [6.45, 7) is 1.52. The lowest BCUT2D eigenvalue weighted by Gasteiger charge is -2.17. The van der Waals surface area contributed by atoms with Gasteiger partial charge in [-0.05, 0) is 13.3 Å². The summed E-state index contributed by atoms with van der Waals surface area (Å²) in [4.78, 5) is 0. The lowest BCUT2D eigenvalue weighted by molar-refractivity contribution is -0.0887. The molecule has 1 unspecified atom stereocenters. The van der Waals surface area contributed by atoms with E-state index in [0.29, 0.717) is 6.42 Å². The van der Waals surface area contributed by atoms with Crippen LogP contribution < -0.4 is 0 Å². The molecule has 0 amide bonds. The van der Waals surface area contributed by atoms with Crippen LogP contribution in [0, 0.1) is 11.3 Å². The van der Waals surface area contributed by atoms with Crippen LogP contribution in [0.25, 0.3) is 0 Å². The monoisotopic (exact) mass is 189 g/mol. The molecule has 0 saturated heterocycles. The van der Waals surface area contributed by atoms with E-state index in [-0.39, 0.29) is 11.6 Å². The van der Waals surface area contributed by atoms with Gasteiger partial charge in [-0.25, -0.2) is 0 Å². The summed E-state index contributed by atoms with van der Waals surface area (Å²) in [7, 11) is 0. The summed E-state index contributed by atoms with van der Waals surface area (Å²) in [5.41, 5.74) is -0.374. The second kappa shape index (κ2) is 3.36. The maximum atomic E-state index is 12.2. The van der Waals surface area contributed by atoms with Crippen LogP contribution in [0.2, 0.25) is 0 Å². The van der Waals surface area contributed by atoms with Crippen LogP contribution in [0.1, 0.15) is 13.3 Å². The van der Waals surface area contributed by atoms with Crippen molar-refractivity contribution in [1.82, 2.24) is 0 Å². The standard InChI is InChI=1S/C9H10F3N/c1-6(13)7-3-2-4-8(5-7)9(10,11)12/h2,4-5,7,13H,3H2,1H3. The second-order valence-corrected chi connectivity index (χ2v) is 3.05. The van der Waals surface area contributed by atoms with Gasteiger partial charge in [0.05, 0.1) is 5.57 Å². The summed E-state index contributed by atoms with van der Waals surface area (Å²) in [5.74, 6) is -0.387. The highest BCUT2D eigenvalue weighted by molar-refractivity contribution is 5.83. The summed E-state index contributed by atoms with van der Waals surface area (Å²) in [6.07, 6.45) is -0.146. The number of nitrogens with one attached hydrogen (secondary N) is 1. The van der Waals surface area contributed by atoms with E-state index in [1.54, 1.807) is 0 Å². The summed E-state index contributed by atoms with van der Waals surface area (Å²) in [5, 5.41) is 7.24. The lowest BCUT2D eigenvalue weighted by Crippen LogP contribution is -2.17. The molecule has 0 aromatic carbocycles. The third-order valence-corrected chi connectivity index (χ3v) is 1.95. The van der Waals surface area contributed by atoms with Gasteiger partial charge in [0, 0.05) is 11.6 Å². The van der Waals surface area contributed by atoms with Crippen LogP contribution >= 0.6 is 0 Å². The quantitative estimate of drug-likeness (QED) is 0.613. The van der Waals surface area contributed by atoms with Gasteiger partial charge in [0.2, 0.25) is 0 Å². The van der Waals surface area contributed by atoms with Gasteiger partial charge in [0.25, 0.3) is 0 Å². The predicted molar refractivity (Wildman–Crippen MR) is 44.8 cm³/mol. The van der Waals surface area contributed by atoms with E-state index in [4.69, 9.17) is 5.41 Å². The van der Waals surface area contributed by atoms with Crippen LogP contribution in [0.3, 0.4) is 0 Å². The van der Waals surface area contributed by atoms with Crippen molar-refractivity contribution in [2.45, 2.75) is 19.5 Å². The first-order valence-electron chi connectivity index (χ1n) is 3.92. The molecule has 0 heterocycles. The van der Waals surface area contributed by atoms with Crippen molar-refractivity contribution in [3.05, 3.63) is 23.8 Å². The molecule has 1 aliphatic carbocycles. The SMILES string of the molecule is CC(=N)C1C=C(C(F)(F)F)C=CC1. The van der Waals surface area contributed by atoms with Crippen molar-refractivity contribution in [2.24, 2.45) is 5.92 Å². The minimum Gasteiger partial charge on any atom is -0.309 e. The molecule has 0 aromatic rings. The molecule has 4 heteroatoms. The number of hydrogen-bond donors (Lipinski definition) is 1. The number of alkyl halides is 3. The molecule has 0 fully saturated rings. The van der Waals surface area contributed by atoms with Crippen molar-refractivity contribution >= 4 is 5.71 Å². The predicted octanol–water partition coefficient (Wildman–Crippen LogP) is 3.09. The van der Waals surface area contributed by atoms with E-state index < -0.39 is 11.7 Å². The van der Waals surface area contributed by atoms with Gasteiger partial charge < -0.3 is 5.41 Å². The molecular formula is C9H10F3N. The van der Waals surface area contributed by atoms with E-state index in [1.165, 1.54) is 13.0 Å². The zero-order valence-corrected chi connectivity index (χ0v) is 7.15. The summed E-state index contributed by atoms with van der Waals surface area (Å²) < 4.78 is 36.6. The molecule has 0 aromatic heterocycles. The Balaban J connectivity index is 2.87. The molecule has 72 valence electrons. The zero-order valence-electron chi connectivity index (χ0n) is 7.15.